The summed E-state index contributed by atoms with van der Waals surface area (Å²) in [6.45, 7) is 9.86. The lowest BCUT2D eigenvalue weighted by molar-refractivity contribution is 0.136. The van der Waals surface area contributed by atoms with Crippen LogP contribution >= 0.6 is 0 Å². The summed E-state index contributed by atoms with van der Waals surface area (Å²) in [5.41, 5.74) is 6.49. The Balaban J connectivity index is 2.49. The summed E-state index contributed by atoms with van der Waals surface area (Å²) >= 11 is 0. The molecule has 0 atom stereocenters. The smallest absolute Gasteiger partial charge is 0.404 e. The Morgan fingerprint density at radius 3 is 2.45 bits per heavy atom. The van der Waals surface area contributed by atoms with Gasteiger partial charge in [0.25, 0.3) is 0 Å². The average molecular weight is 278 g/mol. The van der Waals surface area contributed by atoms with Crippen LogP contribution in [0.4, 0.5) is 4.79 Å². The highest BCUT2D eigenvalue weighted by atomic mass is 16.5. The number of carbonyl (C=O) groups excluding carboxylic acids is 1. The van der Waals surface area contributed by atoms with Gasteiger partial charge in [0, 0.05) is 19.6 Å². The first-order chi connectivity index (χ1) is 9.37. The third-order valence-corrected chi connectivity index (χ3v) is 2.81. The molecule has 0 aliphatic heterocycles. The number of ether oxygens (including phenoxy) is 1. The first-order valence-electron chi connectivity index (χ1n) is 7.05. The number of primary amides is 1. The second-order valence-corrected chi connectivity index (χ2v) is 6.28. The van der Waals surface area contributed by atoms with E-state index in [4.69, 9.17) is 10.5 Å². The van der Waals surface area contributed by atoms with Crippen LogP contribution in [0, 0.1) is 5.41 Å². The first kappa shape index (κ1) is 16.5. The molecule has 0 saturated carbocycles. The van der Waals surface area contributed by atoms with Gasteiger partial charge in [-0.2, -0.15) is 0 Å². The van der Waals surface area contributed by atoms with E-state index in [1.54, 1.807) is 0 Å². The molecule has 0 radical (unpaired) electrons. The van der Waals surface area contributed by atoms with Crippen LogP contribution < -0.4 is 5.73 Å². The van der Waals surface area contributed by atoms with Gasteiger partial charge in [-0.25, -0.2) is 4.79 Å². The molecule has 0 aliphatic carbocycles. The molecule has 0 aromatic heterocycles. The molecule has 2 N–H and O–H groups in total. The predicted octanol–water partition coefficient (Wildman–Crippen LogP) is 3.02. The Hall–Kier alpha value is -1.55. The van der Waals surface area contributed by atoms with Crippen LogP contribution in [0.2, 0.25) is 0 Å². The van der Waals surface area contributed by atoms with Crippen molar-refractivity contribution in [2.75, 3.05) is 19.7 Å². The summed E-state index contributed by atoms with van der Waals surface area (Å²) in [4.78, 5) is 12.9. The SMILES string of the molecule is CC(C)(C)CN(CCCOC(N)=O)Cc1ccccc1. The third-order valence-electron chi connectivity index (χ3n) is 2.81. The summed E-state index contributed by atoms with van der Waals surface area (Å²) in [6, 6.07) is 10.4. The van der Waals surface area contributed by atoms with E-state index in [1.807, 2.05) is 6.07 Å². The number of rotatable bonds is 7. The van der Waals surface area contributed by atoms with Crippen molar-refractivity contribution in [3.05, 3.63) is 35.9 Å². The molecule has 1 amide bonds. The number of carbonyl (C=O) groups is 1. The Bertz CT molecular complexity index is 399. The van der Waals surface area contributed by atoms with Crippen molar-refractivity contribution in [3.8, 4) is 0 Å². The number of nitrogens with two attached hydrogens (primary N) is 1. The number of nitrogens with zero attached hydrogens (tertiary/aromatic N) is 1. The van der Waals surface area contributed by atoms with Gasteiger partial charge in [0.15, 0.2) is 0 Å². The van der Waals surface area contributed by atoms with E-state index >= 15 is 0 Å². The molecule has 0 bridgehead atoms. The summed E-state index contributed by atoms with van der Waals surface area (Å²) in [5, 5.41) is 0. The molecule has 0 aliphatic rings. The van der Waals surface area contributed by atoms with Crippen molar-refractivity contribution < 1.29 is 9.53 Å². The lowest BCUT2D eigenvalue weighted by Crippen LogP contribution is -2.33. The zero-order valence-electron chi connectivity index (χ0n) is 12.8. The topological polar surface area (TPSA) is 55.6 Å². The molecule has 0 heterocycles. The summed E-state index contributed by atoms with van der Waals surface area (Å²) < 4.78 is 4.78. The quantitative estimate of drug-likeness (QED) is 0.780. The van der Waals surface area contributed by atoms with Crippen LogP contribution in [-0.2, 0) is 11.3 Å². The summed E-state index contributed by atoms with van der Waals surface area (Å²) in [6.07, 6.45) is 0.0988. The van der Waals surface area contributed by atoms with Crippen molar-refractivity contribution in [2.45, 2.75) is 33.7 Å². The number of hydrogen-bond donors (Lipinski definition) is 1. The van der Waals surface area contributed by atoms with Crippen molar-refractivity contribution in [2.24, 2.45) is 11.1 Å². The van der Waals surface area contributed by atoms with Gasteiger partial charge >= 0.3 is 6.09 Å². The van der Waals surface area contributed by atoms with E-state index in [9.17, 15) is 4.79 Å². The van der Waals surface area contributed by atoms with Crippen LogP contribution in [0.1, 0.15) is 32.8 Å². The highest BCUT2D eigenvalue weighted by Crippen LogP contribution is 2.17. The summed E-state index contributed by atoms with van der Waals surface area (Å²) in [7, 11) is 0. The monoisotopic (exact) mass is 278 g/mol. The standard InChI is InChI=1S/C16H26N2O2/c1-16(2,3)13-18(10-7-11-20-15(17)19)12-14-8-5-4-6-9-14/h4-6,8-9H,7,10-13H2,1-3H3,(H2,17,19). The van der Waals surface area contributed by atoms with Crippen LogP contribution in [0.25, 0.3) is 0 Å². The van der Waals surface area contributed by atoms with Gasteiger partial charge in [-0.3, -0.25) is 4.90 Å². The zero-order chi connectivity index (χ0) is 15.0. The van der Waals surface area contributed by atoms with Gasteiger partial charge in [0.2, 0.25) is 0 Å². The van der Waals surface area contributed by atoms with Gasteiger partial charge in [0.05, 0.1) is 6.61 Å². The van der Waals surface area contributed by atoms with Crippen molar-refractivity contribution in [3.63, 3.8) is 0 Å². The Kier molecular flexibility index (Phi) is 6.52. The molecule has 0 spiro atoms. The highest BCUT2D eigenvalue weighted by Gasteiger charge is 2.16. The lowest BCUT2D eigenvalue weighted by atomic mass is 9.95. The molecule has 20 heavy (non-hydrogen) atoms. The second-order valence-electron chi connectivity index (χ2n) is 6.28. The van der Waals surface area contributed by atoms with Crippen LogP contribution in [0.15, 0.2) is 30.3 Å². The molecule has 1 aromatic rings. The van der Waals surface area contributed by atoms with Crippen LogP contribution in [-0.4, -0.2) is 30.7 Å². The van der Waals surface area contributed by atoms with Gasteiger partial charge in [-0.15, -0.1) is 0 Å². The van der Waals surface area contributed by atoms with Crippen molar-refractivity contribution in [1.82, 2.24) is 4.90 Å². The van der Waals surface area contributed by atoms with Crippen molar-refractivity contribution >= 4 is 6.09 Å². The summed E-state index contributed by atoms with van der Waals surface area (Å²) in [5.74, 6) is 0. The number of hydrogen-bond acceptors (Lipinski definition) is 3. The fraction of sp³-hybridized carbons (Fsp3) is 0.562. The fourth-order valence-electron chi connectivity index (χ4n) is 2.19. The largest absolute Gasteiger partial charge is 0.450 e. The maximum absolute atomic E-state index is 10.6. The van der Waals surface area contributed by atoms with Gasteiger partial charge in [-0.05, 0) is 17.4 Å². The molecular formula is C16H26N2O2. The zero-order valence-corrected chi connectivity index (χ0v) is 12.8. The van der Waals surface area contributed by atoms with E-state index in [1.165, 1.54) is 5.56 Å². The minimum Gasteiger partial charge on any atom is -0.450 e. The van der Waals surface area contributed by atoms with Gasteiger partial charge in [0.1, 0.15) is 0 Å². The number of benzene rings is 1. The second kappa shape index (κ2) is 7.90. The Morgan fingerprint density at radius 2 is 1.90 bits per heavy atom. The molecule has 0 fully saturated rings. The first-order valence-corrected chi connectivity index (χ1v) is 7.05. The van der Waals surface area contributed by atoms with Crippen LogP contribution in [0.5, 0.6) is 0 Å². The lowest BCUT2D eigenvalue weighted by Gasteiger charge is -2.30. The Labute approximate surface area is 121 Å². The molecule has 4 heteroatoms. The minimum atomic E-state index is -0.699. The van der Waals surface area contributed by atoms with Crippen LogP contribution in [0.3, 0.4) is 0 Å². The molecule has 1 rings (SSSR count). The number of amides is 1. The van der Waals surface area contributed by atoms with E-state index in [2.05, 4.69) is 49.9 Å². The minimum absolute atomic E-state index is 0.235. The molecule has 0 saturated heterocycles. The van der Waals surface area contributed by atoms with Crippen molar-refractivity contribution in [1.29, 1.82) is 0 Å². The van der Waals surface area contributed by atoms with E-state index in [-0.39, 0.29) is 5.41 Å². The highest BCUT2D eigenvalue weighted by molar-refractivity contribution is 5.64. The molecule has 112 valence electrons. The van der Waals surface area contributed by atoms with E-state index < -0.39 is 6.09 Å². The Morgan fingerprint density at radius 1 is 1.25 bits per heavy atom. The molecule has 1 aromatic carbocycles. The molecule has 0 unspecified atom stereocenters. The maximum atomic E-state index is 10.6. The van der Waals surface area contributed by atoms with Gasteiger partial charge in [-0.1, -0.05) is 51.1 Å². The fourth-order valence-corrected chi connectivity index (χ4v) is 2.19. The maximum Gasteiger partial charge on any atom is 0.404 e. The molecular weight excluding hydrogens is 252 g/mol. The van der Waals surface area contributed by atoms with E-state index in [0.29, 0.717) is 6.61 Å². The molecule has 4 nitrogen and oxygen atoms in total. The van der Waals surface area contributed by atoms with Gasteiger partial charge < -0.3 is 10.5 Å². The third kappa shape index (κ3) is 7.79. The normalized spacial score (nSPS) is 11.6. The van der Waals surface area contributed by atoms with E-state index in [0.717, 1.165) is 26.1 Å². The predicted molar refractivity (Wildman–Crippen MR) is 81.3 cm³/mol. The average Bonchev–Trinajstić information content (AvgIpc) is 2.33.